The molecular weight excluding hydrogens is 104 g/mol. The van der Waals surface area contributed by atoms with Crippen molar-refractivity contribution in [2.75, 3.05) is 20.6 Å². The summed E-state index contributed by atoms with van der Waals surface area (Å²) in [6.45, 7) is 0.845. The summed E-state index contributed by atoms with van der Waals surface area (Å²) in [4.78, 5) is 1.98. The molecule has 0 aliphatic rings. The molecule has 0 bridgehead atoms. The van der Waals surface area contributed by atoms with Gasteiger partial charge in [0.05, 0.1) is 0 Å². The molecule has 0 spiro atoms. The lowest BCUT2D eigenvalue weighted by molar-refractivity contribution is 0.159. The van der Waals surface area contributed by atoms with E-state index in [1.165, 1.54) is 0 Å². The summed E-state index contributed by atoms with van der Waals surface area (Å²) < 4.78 is 0. The molecule has 0 rings (SSSR count). The maximum absolute atomic E-state index is 8.55. The molecule has 0 aromatic heterocycles. The third kappa shape index (κ3) is 5.88. The van der Waals surface area contributed by atoms with Crippen LogP contribution in [0, 0.1) is 0 Å². The Morgan fingerprint density at radius 2 is 2.12 bits per heavy atom. The standard InChI is InChI=1S/C5H14N2O/c1-7(2)4-3-5(6)8/h5,8H,3-4,6H2,1-2H3. The van der Waals surface area contributed by atoms with Crippen LogP contribution < -0.4 is 5.73 Å². The van der Waals surface area contributed by atoms with Crippen LogP contribution in [0.3, 0.4) is 0 Å². The Kier molecular flexibility index (Phi) is 3.77. The lowest BCUT2D eigenvalue weighted by Crippen LogP contribution is -2.25. The van der Waals surface area contributed by atoms with Crippen molar-refractivity contribution in [3.8, 4) is 0 Å². The Morgan fingerprint density at radius 3 is 2.25 bits per heavy atom. The summed E-state index contributed by atoms with van der Waals surface area (Å²) in [5.74, 6) is 0. The highest BCUT2D eigenvalue weighted by atomic mass is 16.3. The van der Waals surface area contributed by atoms with Crippen molar-refractivity contribution in [2.24, 2.45) is 5.73 Å². The maximum atomic E-state index is 8.55. The van der Waals surface area contributed by atoms with Crippen LogP contribution >= 0.6 is 0 Å². The Hall–Kier alpha value is -0.120. The molecule has 0 aromatic carbocycles. The molecule has 0 amide bonds. The van der Waals surface area contributed by atoms with Crippen LogP contribution in [0.4, 0.5) is 0 Å². The molecule has 0 aromatic rings. The van der Waals surface area contributed by atoms with E-state index < -0.39 is 6.23 Å². The van der Waals surface area contributed by atoms with Crippen molar-refractivity contribution >= 4 is 0 Å². The van der Waals surface area contributed by atoms with Crippen molar-refractivity contribution in [2.45, 2.75) is 12.6 Å². The summed E-state index contributed by atoms with van der Waals surface area (Å²) in [5.41, 5.74) is 5.07. The lowest BCUT2D eigenvalue weighted by atomic mass is 10.4. The van der Waals surface area contributed by atoms with Crippen LogP contribution in [0.25, 0.3) is 0 Å². The van der Waals surface area contributed by atoms with Gasteiger partial charge >= 0.3 is 0 Å². The van der Waals surface area contributed by atoms with Gasteiger partial charge in [0.25, 0.3) is 0 Å². The van der Waals surface area contributed by atoms with E-state index in [0.29, 0.717) is 6.42 Å². The largest absolute Gasteiger partial charge is 0.379 e. The normalized spacial score (nSPS) is 14.6. The highest BCUT2D eigenvalue weighted by molar-refractivity contribution is 4.47. The van der Waals surface area contributed by atoms with Gasteiger partial charge in [0.1, 0.15) is 6.23 Å². The zero-order chi connectivity index (χ0) is 6.57. The third-order valence-corrected chi connectivity index (χ3v) is 0.872. The fraction of sp³-hybridized carbons (Fsp3) is 1.00. The topological polar surface area (TPSA) is 49.5 Å². The van der Waals surface area contributed by atoms with Crippen LogP contribution in [-0.4, -0.2) is 36.9 Å². The van der Waals surface area contributed by atoms with E-state index in [0.717, 1.165) is 6.54 Å². The van der Waals surface area contributed by atoms with E-state index in [1.807, 2.05) is 19.0 Å². The van der Waals surface area contributed by atoms with Crippen LogP contribution in [0.2, 0.25) is 0 Å². The van der Waals surface area contributed by atoms with E-state index in [4.69, 9.17) is 10.8 Å². The van der Waals surface area contributed by atoms with Gasteiger partial charge < -0.3 is 15.7 Å². The molecule has 0 radical (unpaired) electrons. The Balaban J connectivity index is 2.93. The predicted molar refractivity (Wildman–Crippen MR) is 33.4 cm³/mol. The van der Waals surface area contributed by atoms with Crippen LogP contribution in [0.5, 0.6) is 0 Å². The number of hydrogen-bond donors (Lipinski definition) is 2. The van der Waals surface area contributed by atoms with Crippen LogP contribution in [0.1, 0.15) is 6.42 Å². The van der Waals surface area contributed by atoms with E-state index >= 15 is 0 Å². The Morgan fingerprint density at radius 1 is 1.62 bits per heavy atom. The minimum absolute atomic E-state index is 0.646. The highest BCUT2D eigenvalue weighted by Gasteiger charge is 1.94. The summed E-state index contributed by atoms with van der Waals surface area (Å²) in [7, 11) is 3.89. The van der Waals surface area contributed by atoms with Crippen molar-refractivity contribution in [3.05, 3.63) is 0 Å². The third-order valence-electron chi connectivity index (χ3n) is 0.872. The van der Waals surface area contributed by atoms with Crippen molar-refractivity contribution in [3.63, 3.8) is 0 Å². The van der Waals surface area contributed by atoms with Crippen molar-refractivity contribution in [1.29, 1.82) is 0 Å². The molecule has 3 heteroatoms. The molecule has 0 aliphatic carbocycles. The quantitative estimate of drug-likeness (QED) is 0.478. The van der Waals surface area contributed by atoms with Gasteiger partial charge in [0.2, 0.25) is 0 Å². The van der Waals surface area contributed by atoms with E-state index in [1.54, 1.807) is 0 Å². The zero-order valence-electron chi connectivity index (χ0n) is 5.46. The Bertz CT molecular complexity index is 46.4. The minimum Gasteiger partial charge on any atom is -0.379 e. The van der Waals surface area contributed by atoms with Crippen molar-refractivity contribution in [1.82, 2.24) is 4.90 Å². The summed E-state index contributed by atoms with van der Waals surface area (Å²) >= 11 is 0. The number of aliphatic hydroxyl groups excluding tert-OH is 1. The molecule has 8 heavy (non-hydrogen) atoms. The first kappa shape index (κ1) is 7.88. The molecule has 1 atom stereocenters. The molecular formula is C5H14N2O. The highest BCUT2D eigenvalue weighted by Crippen LogP contribution is 1.83. The molecule has 0 aliphatic heterocycles. The smallest absolute Gasteiger partial charge is 0.103 e. The molecule has 3 nitrogen and oxygen atoms in total. The fourth-order valence-corrected chi connectivity index (χ4v) is 0.390. The SMILES string of the molecule is CN(C)CCC(N)O. The number of rotatable bonds is 3. The van der Waals surface area contributed by atoms with E-state index in [2.05, 4.69) is 0 Å². The second-order valence-electron chi connectivity index (χ2n) is 2.16. The van der Waals surface area contributed by atoms with Crippen molar-refractivity contribution < 1.29 is 5.11 Å². The van der Waals surface area contributed by atoms with Gasteiger partial charge in [-0.3, -0.25) is 0 Å². The lowest BCUT2D eigenvalue weighted by Gasteiger charge is -2.09. The van der Waals surface area contributed by atoms with E-state index in [9.17, 15) is 0 Å². The van der Waals surface area contributed by atoms with Gasteiger partial charge in [-0.1, -0.05) is 0 Å². The number of hydrogen-bond acceptors (Lipinski definition) is 3. The maximum Gasteiger partial charge on any atom is 0.103 e. The average molecular weight is 118 g/mol. The molecule has 3 N–H and O–H groups in total. The molecule has 50 valence electrons. The second kappa shape index (κ2) is 3.83. The minimum atomic E-state index is -0.655. The van der Waals surface area contributed by atoms with Gasteiger partial charge in [0, 0.05) is 6.54 Å². The number of aliphatic hydroxyl groups is 1. The zero-order valence-corrected chi connectivity index (χ0v) is 5.46. The molecule has 0 saturated carbocycles. The number of nitrogens with zero attached hydrogens (tertiary/aromatic N) is 1. The molecule has 0 saturated heterocycles. The first-order valence-corrected chi connectivity index (χ1v) is 2.71. The Labute approximate surface area is 50.1 Å². The summed E-state index contributed by atoms with van der Waals surface area (Å²) in [5, 5.41) is 8.55. The van der Waals surface area contributed by atoms with E-state index in [-0.39, 0.29) is 0 Å². The van der Waals surface area contributed by atoms with Crippen LogP contribution in [0.15, 0.2) is 0 Å². The van der Waals surface area contributed by atoms with Gasteiger partial charge in [-0.25, -0.2) is 0 Å². The molecule has 0 heterocycles. The summed E-state index contributed by atoms with van der Waals surface area (Å²) in [6.07, 6.45) is -0.00935. The summed E-state index contributed by atoms with van der Waals surface area (Å²) in [6, 6.07) is 0. The monoisotopic (exact) mass is 118 g/mol. The van der Waals surface area contributed by atoms with Gasteiger partial charge in [-0.2, -0.15) is 0 Å². The van der Waals surface area contributed by atoms with Gasteiger partial charge in [-0.15, -0.1) is 0 Å². The van der Waals surface area contributed by atoms with Gasteiger partial charge in [-0.05, 0) is 20.5 Å². The predicted octanol–water partition coefficient (Wildman–Crippen LogP) is -0.785. The number of nitrogens with two attached hydrogens (primary N) is 1. The van der Waals surface area contributed by atoms with Gasteiger partial charge in [0.15, 0.2) is 0 Å². The first-order chi connectivity index (χ1) is 3.63. The van der Waals surface area contributed by atoms with Crippen LogP contribution in [-0.2, 0) is 0 Å². The average Bonchev–Trinajstić information content (AvgIpc) is 1.61. The fourth-order valence-electron chi connectivity index (χ4n) is 0.390. The molecule has 0 fully saturated rings. The second-order valence-corrected chi connectivity index (χ2v) is 2.16. The first-order valence-electron chi connectivity index (χ1n) is 2.71. The molecule has 1 unspecified atom stereocenters.